The van der Waals surface area contributed by atoms with Gasteiger partial charge in [0.05, 0.1) is 4.90 Å². The molecular formula is C20H26N2O6S. The SMILES string of the molecule is CCN(CC)S(=O)(=O)c1ccc(NC(=O)COC(=O)c2c(C)oc(C)c2C)cc1. The quantitative estimate of drug-likeness (QED) is 0.656. The van der Waals surface area contributed by atoms with Crippen LogP contribution in [0.3, 0.4) is 0 Å². The van der Waals surface area contributed by atoms with Crippen molar-refractivity contribution in [1.82, 2.24) is 4.31 Å². The Hall–Kier alpha value is -2.65. The molecule has 0 aliphatic carbocycles. The van der Waals surface area contributed by atoms with E-state index in [9.17, 15) is 18.0 Å². The number of aryl methyl sites for hydroxylation is 2. The first kappa shape index (κ1) is 22.6. The Morgan fingerprint density at radius 1 is 1.03 bits per heavy atom. The Balaban J connectivity index is 1.98. The van der Waals surface area contributed by atoms with Crippen molar-refractivity contribution in [3.63, 3.8) is 0 Å². The third-order valence-electron chi connectivity index (χ3n) is 4.58. The van der Waals surface area contributed by atoms with E-state index >= 15 is 0 Å². The van der Waals surface area contributed by atoms with Crippen LogP contribution in [0.25, 0.3) is 0 Å². The first-order chi connectivity index (χ1) is 13.6. The van der Waals surface area contributed by atoms with Crippen LogP contribution >= 0.6 is 0 Å². The fourth-order valence-electron chi connectivity index (χ4n) is 2.92. The maximum atomic E-state index is 12.5. The molecule has 1 heterocycles. The van der Waals surface area contributed by atoms with Crippen molar-refractivity contribution in [2.45, 2.75) is 39.5 Å². The van der Waals surface area contributed by atoms with Gasteiger partial charge in [-0.3, -0.25) is 4.79 Å². The number of carbonyl (C=O) groups excluding carboxylic acids is 2. The summed E-state index contributed by atoms with van der Waals surface area (Å²) >= 11 is 0. The molecule has 158 valence electrons. The fraction of sp³-hybridized carbons (Fsp3) is 0.400. The van der Waals surface area contributed by atoms with Crippen LogP contribution in [0.15, 0.2) is 33.6 Å². The van der Waals surface area contributed by atoms with Crippen LogP contribution in [-0.4, -0.2) is 44.3 Å². The van der Waals surface area contributed by atoms with E-state index in [-0.39, 0.29) is 4.90 Å². The van der Waals surface area contributed by atoms with Gasteiger partial charge in [-0.1, -0.05) is 13.8 Å². The number of rotatable bonds is 8. The van der Waals surface area contributed by atoms with Crippen LogP contribution in [0.1, 0.15) is 41.3 Å². The zero-order valence-electron chi connectivity index (χ0n) is 17.2. The maximum Gasteiger partial charge on any atom is 0.342 e. The second-order valence-electron chi connectivity index (χ2n) is 6.45. The number of carbonyl (C=O) groups is 2. The minimum absolute atomic E-state index is 0.145. The molecule has 2 rings (SSSR count). The number of sulfonamides is 1. The topological polar surface area (TPSA) is 106 Å². The molecule has 0 spiro atoms. The average molecular weight is 423 g/mol. The summed E-state index contributed by atoms with van der Waals surface area (Å²) in [6, 6.07) is 5.83. The first-order valence-corrected chi connectivity index (χ1v) is 10.7. The van der Waals surface area contributed by atoms with Gasteiger partial charge in [0.25, 0.3) is 5.91 Å². The van der Waals surface area contributed by atoms with Crippen LogP contribution in [-0.2, 0) is 19.6 Å². The highest BCUT2D eigenvalue weighted by atomic mass is 32.2. The molecule has 0 fully saturated rings. The van der Waals surface area contributed by atoms with Gasteiger partial charge in [0.1, 0.15) is 17.1 Å². The zero-order valence-corrected chi connectivity index (χ0v) is 18.1. The van der Waals surface area contributed by atoms with Crippen molar-refractivity contribution >= 4 is 27.6 Å². The molecule has 0 unspecified atom stereocenters. The van der Waals surface area contributed by atoms with Crippen molar-refractivity contribution in [3.8, 4) is 0 Å². The summed E-state index contributed by atoms with van der Waals surface area (Å²) in [6.45, 7) is 8.96. The van der Waals surface area contributed by atoms with Crippen molar-refractivity contribution in [2.24, 2.45) is 0 Å². The van der Waals surface area contributed by atoms with Crippen molar-refractivity contribution in [3.05, 3.63) is 46.9 Å². The predicted octanol–water partition coefficient (Wildman–Crippen LogP) is 3.03. The summed E-state index contributed by atoms with van der Waals surface area (Å²) in [5.41, 5.74) is 1.40. The Labute approximate surface area is 170 Å². The van der Waals surface area contributed by atoms with Gasteiger partial charge >= 0.3 is 5.97 Å². The van der Waals surface area contributed by atoms with Crippen molar-refractivity contribution in [2.75, 3.05) is 25.0 Å². The smallest absolute Gasteiger partial charge is 0.342 e. The van der Waals surface area contributed by atoms with Crippen molar-refractivity contribution in [1.29, 1.82) is 0 Å². The first-order valence-electron chi connectivity index (χ1n) is 9.25. The highest BCUT2D eigenvalue weighted by molar-refractivity contribution is 7.89. The van der Waals surface area contributed by atoms with Gasteiger partial charge in [-0.25, -0.2) is 13.2 Å². The molecule has 2 aromatic rings. The number of ether oxygens (including phenoxy) is 1. The van der Waals surface area contributed by atoms with Crippen LogP contribution in [0.2, 0.25) is 0 Å². The Morgan fingerprint density at radius 2 is 1.62 bits per heavy atom. The number of anilines is 1. The second kappa shape index (κ2) is 9.23. The predicted molar refractivity (Wildman–Crippen MR) is 108 cm³/mol. The Kier molecular flexibility index (Phi) is 7.21. The molecule has 0 saturated carbocycles. The van der Waals surface area contributed by atoms with E-state index in [0.717, 1.165) is 0 Å². The number of nitrogens with zero attached hydrogens (tertiary/aromatic N) is 1. The number of hydrogen-bond donors (Lipinski definition) is 1. The molecule has 1 N–H and O–H groups in total. The van der Waals surface area contributed by atoms with Crippen LogP contribution in [0.5, 0.6) is 0 Å². The summed E-state index contributed by atoms with van der Waals surface area (Å²) in [6.07, 6.45) is 0. The lowest BCUT2D eigenvalue weighted by molar-refractivity contribution is -0.119. The van der Waals surface area contributed by atoms with Gasteiger partial charge in [0.15, 0.2) is 6.61 Å². The molecule has 29 heavy (non-hydrogen) atoms. The van der Waals surface area contributed by atoms with E-state index in [4.69, 9.17) is 9.15 Å². The molecule has 1 amide bonds. The van der Waals surface area contributed by atoms with E-state index in [2.05, 4.69) is 5.32 Å². The highest BCUT2D eigenvalue weighted by Gasteiger charge is 2.22. The lowest BCUT2D eigenvalue weighted by atomic mass is 10.1. The van der Waals surface area contributed by atoms with Gasteiger partial charge in [-0.2, -0.15) is 4.31 Å². The Bertz CT molecular complexity index is 989. The molecular weight excluding hydrogens is 396 g/mol. The monoisotopic (exact) mass is 422 g/mol. The number of hydrogen-bond acceptors (Lipinski definition) is 6. The maximum absolute atomic E-state index is 12.5. The van der Waals surface area contributed by atoms with Crippen molar-refractivity contribution < 1.29 is 27.2 Å². The third kappa shape index (κ3) is 5.04. The highest BCUT2D eigenvalue weighted by Crippen LogP contribution is 2.22. The number of esters is 1. The molecule has 1 aromatic carbocycles. The van der Waals surface area contributed by atoms with Crippen LogP contribution in [0.4, 0.5) is 5.69 Å². The molecule has 0 atom stereocenters. The second-order valence-corrected chi connectivity index (χ2v) is 8.39. The minimum Gasteiger partial charge on any atom is -0.465 e. The molecule has 1 aromatic heterocycles. The molecule has 8 nitrogen and oxygen atoms in total. The minimum atomic E-state index is -3.56. The third-order valence-corrected chi connectivity index (χ3v) is 6.65. The Morgan fingerprint density at radius 3 is 2.10 bits per heavy atom. The van der Waals surface area contributed by atoms with E-state index < -0.39 is 28.5 Å². The summed E-state index contributed by atoms with van der Waals surface area (Å²) in [7, 11) is -3.56. The van der Waals surface area contributed by atoms with Crippen LogP contribution in [0, 0.1) is 20.8 Å². The van der Waals surface area contributed by atoms with E-state index in [1.54, 1.807) is 34.6 Å². The number of benzene rings is 1. The van der Waals surface area contributed by atoms with Gasteiger partial charge in [-0.05, 0) is 45.0 Å². The number of nitrogens with one attached hydrogen (secondary N) is 1. The van der Waals surface area contributed by atoms with Crippen LogP contribution < -0.4 is 5.32 Å². The molecule has 0 aliphatic rings. The molecule has 0 saturated heterocycles. The molecule has 0 aliphatic heterocycles. The standard InChI is InChI=1S/C20H26N2O6S/c1-6-22(7-2)29(25,26)17-10-8-16(9-11-17)21-18(23)12-27-20(24)19-13(3)14(4)28-15(19)5/h8-11H,6-7,12H2,1-5H3,(H,21,23). The summed E-state index contributed by atoms with van der Waals surface area (Å²) in [5, 5.41) is 2.57. The normalized spacial score (nSPS) is 11.5. The fourth-order valence-corrected chi connectivity index (χ4v) is 4.38. The number of furan rings is 1. The molecule has 0 radical (unpaired) electrons. The lowest BCUT2D eigenvalue weighted by Crippen LogP contribution is -2.30. The van der Waals surface area contributed by atoms with Gasteiger partial charge in [-0.15, -0.1) is 0 Å². The van der Waals surface area contributed by atoms with Gasteiger partial charge < -0.3 is 14.5 Å². The van der Waals surface area contributed by atoms with E-state index in [0.29, 0.717) is 41.4 Å². The van der Waals surface area contributed by atoms with Gasteiger partial charge in [0, 0.05) is 24.3 Å². The molecule has 0 bridgehead atoms. The van der Waals surface area contributed by atoms with E-state index in [1.165, 1.54) is 28.6 Å². The average Bonchev–Trinajstić information content (AvgIpc) is 2.93. The number of amides is 1. The van der Waals surface area contributed by atoms with E-state index in [1.807, 2.05) is 0 Å². The largest absolute Gasteiger partial charge is 0.465 e. The molecule has 9 heteroatoms. The lowest BCUT2D eigenvalue weighted by Gasteiger charge is -2.18. The summed E-state index contributed by atoms with van der Waals surface area (Å²) in [5.74, 6) is -0.102. The summed E-state index contributed by atoms with van der Waals surface area (Å²) < 4.78 is 36.7. The summed E-state index contributed by atoms with van der Waals surface area (Å²) in [4.78, 5) is 24.4. The zero-order chi connectivity index (χ0) is 21.8. The van der Waals surface area contributed by atoms with Gasteiger partial charge in [0.2, 0.25) is 10.0 Å².